The minimum atomic E-state index is -0.343. The molecule has 0 unspecified atom stereocenters. The van der Waals surface area contributed by atoms with Gasteiger partial charge in [0.25, 0.3) is 0 Å². The quantitative estimate of drug-likeness (QED) is 0.787. The highest BCUT2D eigenvalue weighted by atomic mass is 16.7. The van der Waals surface area contributed by atoms with Crippen LogP contribution in [0, 0.1) is 5.41 Å². The molecule has 0 radical (unpaired) electrons. The number of hydrogen-bond acceptors (Lipinski definition) is 4. The lowest BCUT2D eigenvalue weighted by Gasteiger charge is -2.34. The van der Waals surface area contributed by atoms with Crippen LogP contribution in [0.1, 0.15) is 43.0 Å². The van der Waals surface area contributed by atoms with Gasteiger partial charge >= 0.3 is 5.97 Å². The highest BCUT2D eigenvalue weighted by molar-refractivity contribution is 5.89. The van der Waals surface area contributed by atoms with Crippen LogP contribution in [0.4, 0.5) is 0 Å². The number of rotatable bonds is 3. The molecule has 1 saturated heterocycles. The van der Waals surface area contributed by atoms with Crippen molar-refractivity contribution in [3.8, 4) is 0 Å². The number of ether oxygens (including phenoxy) is 3. The molecule has 0 atom stereocenters. The van der Waals surface area contributed by atoms with Crippen molar-refractivity contribution in [2.75, 3.05) is 19.8 Å². The van der Waals surface area contributed by atoms with Gasteiger partial charge < -0.3 is 14.2 Å². The lowest BCUT2D eigenvalue weighted by atomic mass is 9.95. The topological polar surface area (TPSA) is 44.8 Å². The molecule has 0 aromatic heterocycles. The maximum absolute atomic E-state index is 11.5. The smallest absolute Gasteiger partial charge is 0.338 e. The van der Waals surface area contributed by atoms with Crippen molar-refractivity contribution >= 4 is 5.97 Å². The number of benzene rings is 1. The molecule has 0 spiro atoms. The van der Waals surface area contributed by atoms with E-state index < -0.39 is 0 Å². The first-order valence-corrected chi connectivity index (χ1v) is 6.52. The summed E-state index contributed by atoms with van der Waals surface area (Å²) < 4.78 is 16.3. The molecule has 1 heterocycles. The van der Waals surface area contributed by atoms with Gasteiger partial charge in [0.1, 0.15) is 0 Å². The lowest BCUT2D eigenvalue weighted by Crippen LogP contribution is -2.33. The minimum absolute atomic E-state index is 0.0569. The van der Waals surface area contributed by atoms with Crippen molar-refractivity contribution in [2.45, 2.75) is 27.1 Å². The Balaban J connectivity index is 2.01. The Morgan fingerprint density at radius 3 is 2.37 bits per heavy atom. The Bertz CT molecular complexity index is 426. The summed E-state index contributed by atoms with van der Waals surface area (Å²) in [5, 5.41) is 0. The highest BCUT2D eigenvalue weighted by Crippen LogP contribution is 2.30. The highest BCUT2D eigenvalue weighted by Gasteiger charge is 2.29. The van der Waals surface area contributed by atoms with E-state index in [0.717, 1.165) is 5.56 Å². The van der Waals surface area contributed by atoms with Crippen molar-refractivity contribution in [1.82, 2.24) is 0 Å². The van der Waals surface area contributed by atoms with Gasteiger partial charge in [0.05, 0.1) is 25.4 Å². The summed E-state index contributed by atoms with van der Waals surface area (Å²) in [5.74, 6) is -0.305. The second-order valence-corrected chi connectivity index (χ2v) is 5.46. The fraction of sp³-hybridized carbons (Fsp3) is 0.533. The van der Waals surface area contributed by atoms with E-state index in [-0.39, 0.29) is 17.7 Å². The molecule has 1 aliphatic heterocycles. The number of carbonyl (C=O) groups excluding carboxylic acids is 1. The van der Waals surface area contributed by atoms with E-state index in [1.807, 2.05) is 12.1 Å². The van der Waals surface area contributed by atoms with Crippen molar-refractivity contribution < 1.29 is 19.0 Å². The number of hydrogen-bond donors (Lipinski definition) is 0. The van der Waals surface area contributed by atoms with Crippen molar-refractivity contribution in [3.05, 3.63) is 35.4 Å². The second kappa shape index (κ2) is 5.72. The predicted molar refractivity (Wildman–Crippen MR) is 70.8 cm³/mol. The zero-order valence-corrected chi connectivity index (χ0v) is 11.6. The van der Waals surface area contributed by atoms with Gasteiger partial charge in [-0.15, -0.1) is 0 Å². The van der Waals surface area contributed by atoms with E-state index >= 15 is 0 Å². The Morgan fingerprint density at radius 1 is 1.26 bits per heavy atom. The van der Waals surface area contributed by atoms with Crippen LogP contribution in [-0.2, 0) is 14.2 Å². The standard InChI is InChI=1S/C15H20O4/c1-4-17-13(16)11-5-7-12(8-6-11)14-18-9-15(2,3)10-19-14/h5-8,14H,4,9-10H2,1-3H3. The van der Waals surface area contributed by atoms with Crippen LogP contribution in [0.2, 0.25) is 0 Å². The Morgan fingerprint density at radius 2 is 1.84 bits per heavy atom. The molecule has 0 saturated carbocycles. The summed E-state index contributed by atoms with van der Waals surface area (Å²) in [6.07, 6.45) is -0.343. The SMILES string of the molecule is CCOC(=O)c1ccc(C2OCC(C)(C)CO2)cc1. The Kier molecular flexibility index (Phi) is 4.22. The molecule has 0 aliphatic carbocycles. The predicted octanol–water partition coefficient (Wildman–Crippen LogP) is 2.93. The van der Waals surface area contributed by atoms with Crippen molar-refractivity contribution in [3.63, 3.8) is 0 Å². The van der Waals surface area contributed by atoms with E-state index in [4.69, 9.17) is 14.2 Å². The van der Waals surface area contributed by atoms with Gasteiger partial charge in [0, 0.05) is 11.0 Å². The summed E-state index contributed by atoms with van der Waals surface area (Å²) in [7, 11) is 0. The molecule has 104 valence electrons. The first-order valence-electron chi connectivity index (χ1n) is 6.52. The maximum Gasteiger partial charge on any atom is 0.338 e. The fourth-order valence-electron chi connectivity index (χ4n) is 1.88. The molecule has 4 nitrogen and oxygen atoms in total. The molecule has 0 amide bonds. The molecule has 0 N–H and O–H groups in total. The van der Waals surface area contributed by atoms with Gasteiger partial charge in [0.2, 0.25) is 0 Å². The van der Waals surface area contributed by atoms with Gasteiger partial charge in [-0.1, -0.05) is 26.0 Å². The monoisotopic (exact) mass is 264 g/mol. The first kappa shape index (κ1) is 14.0. The van der Waals surface area contributed by atoms with Crippen molar-refractivity contribution in [1.29, 1.82) is 0 Å². The largest absolute Gasteiger partial charge is 0.462 e. The molecule has 1 fully saturated rings. The van der Waals surface area contributed by atoms with Crippen LogP contribution in [0.5, 0.6) is 0 Å². The van der Waals surface area contributed by atoms with E-state index in [0.29, 0.717) is 25.4 Å². The molecule has 4 heteroatoms. The third kappa shape index (κ3) is 3.55. The minimum Gasteiger partial charge on any atom is -0.462 e. The van der Waals surface area contributed by atoms with Crippen LogP contribution in [0.15, 0.2) is 24.3 Å². The first-order chi connectivity index (χ1) is 9.02. The van der Waals surface area contributed by atoms with Crippen molar-refractivity contribution in [2.24, 2.45) is 5.41 Å². The molecule has 19 heavy (non-hydrogen) atoms. The van der Waals surface area contributed by atoms with Crippen LogP contribution in [-0.4, -0.2) is 25.8 Å². The molecular weight excluding hydrogens is 244 g/mol. The van der Waals surface area contributed by atoms with Crippen LogP contribution in [0.25, 0.3) is 0 Å². The lowest BCUT2D eigenvalue weighted by molar-refractivity contribution is -0.226. The summed E-state index contributed by atoms with van der Waals surface area (Å²) in [6.45, 7) is 7.71. The normalized spacial score (nSPS) is 19.1. The van der Waals surface area contributed by atoms with Crippen LogP contribution in [0.3, 0.4) is 0 Å². The van der Waals surface area contributed by atoms with Crippen LogP contribution >= 0.6 is 0 Å². The average Bonchev–Trinajstić information content (AvgIpc) is 2.39. The molecule has 1 aromatic carbocycles. The summed E-state index contributed by atoms with van der Waals surface area (Å²) in [5.41, 5.74) is 1.52. The zero-order chi connectivity index (χ0) is 13.9. The Hall–Kier alpha value is -1.39. The third-order valence-electron chi connectivity index (χ3n) is 2.94. The zero-order valence-electron chi connectivity index (χ0n) is 11.6. The fourth-order valence-corrected chi connectivity index (χ4v) is 1.88. The summed E-state index contributed by atoms with van der Waals surface area (Å²) in [6, 6.07) is 7.16. The van der Waals surface area contributed by atoms with E-state index in [1.54, 1.807) is 19.1 Å². The van der Waals surface area contributed by atoms with Gasteiger partial charge in [0.15, 0.2) is 6.29 Å². The second-order valence-electron chi connectivity index (χ2n) is 5.46. The molecule has 2 rings (SSSR count). The average molecular weight is 264 g/mol. The number of carbonyl (C=O) groups is 1. The van der Waals surface area contributed by atoms with E-state index in [2.05, 4.69) is 13.8 Å². The molecular formula is C15H20O4. The maximum atomic E-state index is 11.5. The molecule has 1 aromatic rings. The Labute approximate surface area is 113 Å². The molecule has 1 aliphatic rings. The number of esters is 1. The van der Waals surface area contributed by atoms with E-state index in [1.165, 1.54) is 0 Å². The third-order valence-corrected chi connectivity index (χ3v) is 2.94. The summed E-state index contributed by atoms with van der Waals surface area (Å²) in [4.78, 5) is 11.5. The van der Waals surface area contributed by atoms with Crippen LogP contribution < -0.4 is 0 Å². The van der Waals surface area contributed by atoms with Gasteiger partial charge in [-0.2, -0.15) is 0 Å². The van der Waals surface area contributed by atoms with E-state index in [9.17, 15) is 4.79 Å². The van der Waals surface area contributed by atoms with Gasteiger partial charge in [-0.25, -0.2) is 4.79 Å². The summed E-state index contributed by atoms with van der Waals surface area (Å²) >= 11 is 0. The molecule has 0 bridgehead atoms. The van der Waals surface area contributed by atoms with Gasteiger partial charge in [-0.3, -0.25) is 0 Å². The van der Waals surface area contributed by atoms with Gasteiger partial charge in [-0.05, 0) is 19.1 Å².